The highest BCUT2D eigenvalue weighted by Crippen LogP contribution is 2.45. The summed E-state index contributed by atoms with van der Waals surface area (Å²) >= 11 is 0. The van der Waals surface area contributed by atoms with Crippen molar-refractivity contribution in [1.29, 1.82) is 0 Å². The molecule has 6 atom stereocenters. The van der Waals surface area contributed by atoms with E-state index in [1.54, 1.807) is 0 Å². The average molecular weight is 340 g/mol. The fraction of sp³-hybridized carbons (Fsp3) is 1.00. The van der Waals surface area contributed by atoms with Gasteiger partial charge in [-0.2, -0.15) is 0 Å². The van der Waals surface area contributed by atoms with Gasteiger partial charge in [-0.05, 0) is 0 Å². The van der Waals surface area contributed by atoms with Gasteiger partial charge in [0, 0.05) is 0 Å². The van der Waals surface area contributed by atoms with Crippen molar-refractivity contribution < 1.29 is 58.2 Å². The Hall–Kier alpha value is 0.0600. The minimum atomic E-state index is -5.20. The molecule has 2 unspecified atom stereocenters. The molecular formula is C6H14O12P2. The van der Waals surface area contributed by atoms with Crippen LogP contribution in [0, 0.1) is 0 Å². The Kier molecular flexibility index (Phi) is 5.48. The molecule has 20 heavy (non-hydrogen) atoms. The van der Waals surface area contributed by atoms with Gasteiger partial charge in [-0.25, -0.2) is 9.13 Å². The lowest BCUT2D eigenvalue weighted by Gasteiger charge is -2.42. The molecular weight excluding hydrogens is 326 g/mol. The monoisotopic (exact) mass is 340 g/mol. The van der Waals surface area contributed by atoms with Crippen molar-refractivity contribution in [1.82, 2.24) is 0 Å². The van der Waals surface area contributed by atoms with Crippen LogP contribution in [0.4, 0.5) is 0 Å². The van der Waals surface area contributed by atoms with Gasteiger partial charge in [0.25, 0.3) is 0 Å². The number of hydrogen-bond donors (Lipinski definition) is 8. The molecule has 0 aliphatic heterocycles. The largest absolute Gasteiger partial charge is 0.470 e. The highest BCUT2D eigenvalue weighted by Gasteiger charge is 2.53. The number of rotatable bonds is 4. The van der Waals surface area contributed by atoms with Gasteiger partial charge in [-0.3, -0.25) is 9.05 Å². The van der Waals surface area contributed by atoms with Gasteiger partial charge in [-0.15, -0.1) is 0 Å². The van der Waals surface area contributed by atoms with Gasteiger partial charge in [0.2, 0.25) is 0 Å². The van der Waals surface area contributed by atoms with E-state index in [1.165, 1.54) is 0 Å². The third-order valence-corrected chi connectivity index (χ3v) is 3.60. The Labute approximate surface area is 111 Å². The van der Waals surface area contributed by atoms with Crippen LogP contribution >= 0.6 is 15.6 Å². The molecule has 120 valence electrons. The van der Waals surface area contributed by atoms with E-state index >= 15 is 0 Å². The molecule has 1 fully saturated rings. The number of aliphatic hydroxyl groups excluding tert-OH is 4. The summed E-state index contributed by atoms with van der Waals surface area (Å²) in [5.41, 5.74) is 0. The van der Waals surface area contributed by atoms with Gasteiger partial charge in [0.15, 0.2) is 0 Å². The maximum absolute atomic E-state index is 10.7. The van der Waals surface area contributed by atoms with Crippen molar-refractivity contribution in [2.75, 3.05) is 0 Å². The summed E-state index contributed by atoms with van der Waals surface area (Å²) in [7, 11) is -10.4. The summed E-state index contributed by atoms with van der Waals surface area (Å²) < 4.78 is 29.4. The first-order valence-electron chi connectivity index (χ1n) is 5.03. The van der Waals surface area contributed by atoms with Crippen LogP contribution in [0.3, 0.4) is 0 Å². The van der Waals surface area contributed by atoms with E-state index in [0.717, 1.165) is 0 Å². The summed E-state index contributed by atoms with van der Waals surface area (Å²) in [6, 6.07) is 0. The topological polar surface area (TPSA) is 214 Å². The van der Waals surface area contributed by atoms with Crippen molar-refractivity contribution in [3.05, 3.63) is 0 Å². The first kappa shape index (κ1) is 18.1. The Balaban J connectivity index is 3.02. The predicted molar refractivity (Wildman–Crippen MR) is 57.9 cm³/mol. The first-order chi connectivity index (χ1) is 8.83. The van der Waals surface area contributed by atoms with Crippen LogP contribution < -0.4 is 0 Å². The van der Waals surface area contributed by atoms with Crippen molar-refractivity contribution in [3.63, 3.8) is 0 Å². The quantitative estimate of drug-likeness (QED) is 0.233. The lowest BCUT2D eigenvalue weighted by molar-refractivity contribution is -0.215. The van der Waals surface area contributed by atoms with Crippen LogP contribution in [0.2, 0.25) is 0 Å². The van der Waals surface area contributed by atoms with Crippen LogP contribution in [0.25, 0.3) is 0 Å². The number of hydrogen-bond acceptors (Lipinski definition) is 8. The fourth-order valence-corrected chi connectivity index (χ4v) is 2.88. The number of phosphoric acid groups is 2. The van der Waals surface area contributed by atoms with Gasteiger partial charge in [-0.1, -0.05) is 0 Å². The molecule has 1 aliphatic rings. The smallest absolute Gasteiger partial charge is 0.387 e. The molecule has 1 aliphatic carbocycles. The number of aliphatic hydroxyl groups is 4. The zero-order chi connectivity index (χ0) is 15.9. The third-order valence-electron chi connectivity index (χ3n) is 2.56. The normalized spacial score (nSPS) is 39.8. The lowest BCUT2D eigenvalue weighted by Crippen LogP contribution is -2.64. The number of phosphoric ester groups is 2. The van der Waals surface area contributed by atoms with E-state index in [0.29, 0.717) is 0 Å². The molecule has 0 aromatic carbocycles. The zero-order valence-electron chi connectivity index (χ0n) is 9.57. The SMILES string of the molecule is O=P(O)(O)O[C@@H]1C(O)[C@H](OP(=O)(O)O)[C@H](O)C(O)[C@H]1O. The molecule has 0 bridgehead atoms. The van der Waals surface area contributed by atoms with Gasteiger partial charge >= 0.3 is 15.6 Å². The molecule has 0 saturated heterocycles. The summed E-state index contributed by atoms with van der Waals surface area (Å²) in [6.45, 7) is 0. The molecule has 1 saturated carbocycles. The van der Waals surface area contributed by atoms with Gasteiger partial charge in [0.05, 0.1) is 0 Å². The van der Waals surface area contributed by atoms with Crippen molar-refractivity contribution in [2.24, 2.45) is 0 Å². The van der Waals surface area contributed by atoms with E-state index in [2.05, 4.69) is 9.05 Å². The maximum Gasteiger partial charge on any atom is 0.470 e. The van der Waals surface area contributed by atoms with Crippen LogP contribution in [0.5, 0.6) is 0 Å². The Morgan fingerprint density at radius 3 is 1.15 bits per heavy atom. The lowest BCUT2D eigenvalue weighted by atomic mass is 9.85. The van der Waals surface area contributed by atoms with E-state index in [-0.39, 0.29) is 0 Å². The second kappa shape index (κ2) is 6.05. The van der Waals surface area contributed by atoms with E-state index in [9.17, 15) is 29.6 Å². The highest BCUT2D eigenvalue weighted by atomic mass is 31.2. The van der Waals surface area contributed by atoms with E-state index in [1.807, 2.05) is 0 Å². The molecule has 0 amide bonds. The van der Waals surface area contributed by atoms with Crippen molar-refractivity contribution in [2.45, 2.75) is 36.6 Å². The fourth-order valence-electron chi connectivity index (χ4n) is 1.75. The standard InChI is InChI=1S/C6H14O12P2/c7-1-2(8)5(17-19(11,12)13)4(10)6(3(1)9)18-20(14,15)16/h1-10H,(H2,11,12,13)(H2,14,15,16)/t1?,2-,3-,4?,5-,6+/m1/s1. The summed E-state index contributed by atoms with van der Waals surface area (Å²) in [4.78, 5) is 34.4. The molecule has 0 radical (unpaired) electrons. The van der Waals surface area contributed by atoms with Crippen molar-refractivity contribution >= 4 is 15.6 Å². The van der Waals surface area contributed by atoms with Crippen LogP contribution in [0.1, 0.15) is 0 Å². The summed E-state index contributed by atoms with van der Waals surface area (Å²) in [5, 5.41) is 38.0. The Morgan fingerprint density at radius 1 is 0.600 bits per heavy atom. The molecule has 0 aromatic rings. The second-order valence-electron chi connectivity index (χ2n) is 4.08. The minimum absolute atomic E-state index is 2.12. The molecule has 0 spiro atoms. The molecule has 1 rings (SSSR count). The maximum atomic E-state index is 10.7. The minimum Gasteiger partial charge on any atom is -0.387 e. The van der Waals surface area contributed by atoms with Crippen LogP contribution in [-0.2, 0) is 18.2 Å². The molecule has 14 heteroatoms. The Bertz CT molecular complexity index is 390. The van der Waals surface area contributed by atoms with E-state index in [4.69, 9.17) is 19.6 Å². The average Bonchev–Trinajstić information content (AvgIpc) is 2.25. The second-order valence-corrected chi connectivity index (χ2v) is 6.47. The highest BCUT2D eigenvalue weighted by molar-refractivity contribution is 7.46. The van der Waals surface area contributed by atoms with Gasteiger partial charge < -0.3 is 40.0 Å². The molecule has 0 heterocycles. The molecule has 12 nitrogen and oxygen atoms in total. The summed E-state index contributed by atoms with van der Waals surface area (Å²) in [6.07, 6.45) is -12.8. The molecule has 0 aromatic heterocycles. The van der Waals surface area contributed by atoms with Gasteiger partial charge in [0.1, 0.15) is 36.6 Å². The first-order valence-corrected chi connectivity index (χ1v) is 8.10. The third kappa shape index (κ3) is 4.53. The molecule has 8 N–H and O–H groups in total. The van der Waals surface area contributed by atoms with Crippen LogP contribution in [0.15, 0.2) is 0 Å². The Morgan fingerprint density at radius 2 is 0.900 bits per heavy atom. The van der Waals surface area contributed by atoms with E-state index < -0.39 is 52.3 Å². The van der Waals surface area contributed by atoms with Crippen molar-refractivity contribution in [3.8, 4) is 0 Å². The zero-order valence-corrected chi connectivity index (χ0v) is 11.4. The summed E-state index contributed by atoms with van der Waals surface area (Å²) in [5.74, 6) is 0. The predicted octanol–water partition coefficient (Wildman–Crippen LogP) is -3.60. The van der Waals surface area contributed by atoms with Crippen LogP contribution in [-0.4, -0.2) is 76.6 Å².